The van der Waals surface area contributed by atoms with Crippen LogP contribution in [0, 0.1) is 17.3 Å². The number of hydrogen-bond acceptors (Lipinski definition) is 2. The highest BCUT2D eigenvalue weighted by atomic mass is 16.3. The Kier molecular flexibility index (Phi) is 3.36. The molecule has 0 aromatic rings. The van der Waals surface area contributed by atoms with Crippen LogP contribution in [0.1, 0.15) is 40.0 Å². The largest absolute Gasteiger partial charge is 0.392 e. The van der Waals surface area contributed by atoms with E-state index in [0.29, 0.717) is 12.5 Å². The second kappa shape index (κ2) is 3.97. The van der Waals surface area contributed by atoms with E-state index in [1.807, 2.05) is 0 Å². The summed E-state index contributed by atoms with van der Waals surface area (Å²) in [4.78, 5) is 0. The lowest BCUT2D eigenvalue weighted by Gasteiger charge is -2.49. The van der Waals surface area contributed by atoms with Gasteiger partial charge in [-0.15, -0.1) is 0 Å². The van der Waals surface area contributed by atoms with Crippen LogP contribution in [-0.4, -0.2) is 17.8 Å². The van der Waals surface area contributed by atoms with Gasteiger partial charge in [-0.05, 0) is 31.1 Å². The van der Waals surface area contributed by atoms with Crippen molar-refractivity contribution in [1.29, 1.82) is 0 Å². The first-order valence-electron chi connectivity index (χ1n) is 5.38. The molecule has 13 heavy (non-hydrogen) atoms. The van der Waals surface area contributed by atoms with Crippen LogP contribution in [-0.2, 0) is 0 Å². The molecular weight excluding hydrogens is 162 g/mol. The predicted molar refractivity (Wildman–Crippen MR) is 55.3 cm³/mol. The topological polar surface area (TPSA) is 46.2 Å². The summed E-state index contributed by atoms with van der Waals surface area (Å²) in [5.74, 6) is 1.32. The van der Waals surface area contributed by atoms with Crippen LogP contribution >= 0.6 is 0 Å². The smallest absolute Gasteiger partial charge is 0.0611 e. The van der Waals surface area contributed by atoms with Gasteiger partial charge in [0.1, 0.15) is 0 Å². The molecule has 2 nitrogen and oxygen atoms in total. The second-order valence-electron chi connectivity index (χ2n) is 5.23. The van der Waals surface area contributed by atoms with E-state index in [1.165, 1.54) is 0 Å². The van der Waals surface area contributed by atoms with E-state index in [0.717, 1.165) is 25.2 Å². The van der Waals surface area contributed by atoms with Gasteiger partial charge in [0.2, 0.25) is 0 Å². The Bertz CT molecular complexity index is 161. The third kappa shape index (κ3) is 2.23. The van der Waals surface area contributed by atoms with Crippen LogP contribution in [0.4, 0.5) is 0 Å². The van der Waals surface area contributed by atoms with Crippen LogP contribution < -0.4 is 5.73 Å². The first-order valence-corrected chi connectivity index (χ1v) is 5.38. The van der Waals surface area contributed by atoms with Gasteiger partial charge < -0.3 is 10.8 Å². The Hall–Kier alpha value is -0.0800. The van der Waals surface area contributed by atoms with Crippen LogP contribution in [0.3, 0.4) is 0 Å². The lowest BCUT2D eigenvalue weighted by Crippen LogP contribution is -2.51. The highest BCUT2D eigenvalue weighted by Gasteiger charge is 2.46. The fourth-order valence-corrected chi connectivity index (χ4v) is 2.60. The zero-order valence-electron chi connectivity index (χ0n) is 9.09. The highest BCUT2D eigenvalue weighted by Crippen LogP contribution is 2.48. The van der Waals surface area contributed by atoms with Crippen molar-refractivity contribution in [3.05, 3.63) is 0 Å². The SMILES string of the molecule is CC(C)C[C@@H](O)C1(CN)CC(C)C1. The number of aliphatic hydroxyl groups is 1. The van der Waals surface area contributed by atoms with E-state index in [2.05, 4.69) is 20.8 Å². The second-order valence-corrected chi connectivity index (χ2v) is 5.23. The summed E-state index contributed by atoms with van der Waals surface area (Å²) in [6, 6.07) is 0. The first kappa shape index (κ1) is 11.0. The molecule has 78 valence electrons. The minimum atomic E-state index is -0.186. The summed E-state index contributed by atoms with van der Waals surface area (Å²) < 4.78 is 0. The quantitative estimate of drug-likeness (QED) is 0.701. The van der Waals surface area contributed by atoms with Gasteiger partial charge >= 0.3 is 0 Å². The van der Waals surface area contributed by atoms with Gasteiger partial charge in [0, 0.05) is 12.0 Å². The van der Waals surface area contributed by atoms with E-state index in [9.17, 15) is 5.11 Å². The molecule has 0 aromatic heterocycles. The van der Waals surface area contributed by atoms with Crippen molar-refractivity contribution in [1.82, 2.24) is 0 Å². The molecule has 0 bridgehead atoms. The van der Waals surface area contributed by atoms with Crippen molar-refractivity contribution in [2.75, 3.05) is 6.54 Å². The molecule has 0 amide bonds. The summed E-state index contributed by atoms with van der Waals surface area (Å²) in [6.45, 7) is 7.17. The van der Waals surface area contributed by atoms with Crippen LogP contribution in [0.5, 0.6) is 0 Å². The molecule has 1 saturated carbocycles. The van der Waals surface area contributed by atoms with Crippen LogP contribution in [0.25, 0.3) is 0 Å². The van der Waals surface area contributed by atoms with Crippen LogP contribution in [0.2, 0.25) is 0 Å². The monoisotopic (exact) mass is 185 g/mol. The Morgan fingerprint density at radius 3 is 2.31 bits per heavy atom. The molecule has 3 N–H and O–H groups in total. The van der Waals surface area contributed by atoms with E-state index in [1.54, 1.807) is 0 Å². The molecule has 1 aliphatic carbocycles. The Morgan fingerprint density at radius 1 is 1.46 bits per heavy atom. The number of nitrogens with two attached hydrogens (primary N) is 1. The molecule has 0 heterocycles. The predicted octanol–water partition coefficient (Wildman–Crippen LogP) is 1.77. The van der Waals surface area contributed by atoms with E-state index >= 15 is 0 Å². The first-order chi connectivity index (χ1) is 6.00. The van der Waals surface area contributed by atoms with Crippen molar-refractivity contribution >= 4 is 0 Å². The standard InChI is InChI=1S/C11H23NO/c1-8(2)4-10(13)11(7-12)5-9(3)6-11/h8-10,13H,4-7,12H2,1-3H3/t9?,10-,11?/m1/s1. The number of aliphatic hydroxyl groups excluding tert-OH is 1. The molecular formula is C11H23NO. The summed E-state index contributed by atoms with van der Waals surface area (Å²) in [7, 11) is 0. The van der Waals surface area contributed by atoms with Gasteiger partial charge in [-0.1, -0.05) is 20.8 Å². The Labute approximate surface area is 81.5 Å². The Balaban J connectivity index is 2.47. The van der Waals surface area contributed by atoms with Crippen LogP contribution in [0.15, 0.2) is 0 Å². The number of hydrogen-bond donors (Lipinski definition) is 2. The van der Waals surface area contributed by atoms with Gasteiger partial charge in [-0.3, -0.25) is 0 Å². The lowest BCUT2D eigenvalue weighted by atomic mass is 9.58. The molecule has 0 radical (unpaired) electrons. The van der Waals surface area contributed by atoms with Crippen molar-refractivity contribution < 1.29 is 5.11 Å². The van der Waals surface area contributed by atoms with E-state index in [4.69, 9.17) is 5.73 Å². The summed E-state index contributed by atoms with van der Waals surface area (Å²) in [5.41, 5.74) is 5.81. The maximum atomic E-state index is 10.0. The fraction of sp³-hybridized carbons (Fsp3) is 1.00. The fourth-order valence-electron chi connectivity index (χ4n) is 2.60. The lowest BCUT2D eigenvalue weighted by molar-refractivity contribution is -0.0666. The molecule has 1 rings (SSSR count). The average Bonchev–Trinajstić information content (AvgIpc) is 1.96. The number of rotatable bonds is 4. The molecule has 1 aliphatic rings. The average molecular weight is 185 g/mol. The minimum absolute atomic E-state index is 0.0592. The highest BCUT2D eigenvalue weighted by molar-refractivity contribution is 4.97. The molecule has 0 aliphatic heterocycles. The Morgan fingerprint density at radius 2 is 2.00 bits per heavy atom. The van der Waals surface area contributed by atoms with Crippen molar-refractivity contribution in [3.63, 3.8) is 0 Å². The zero-order chi connectivity index (χ0) is 10.1. The zero-order valence-corrected chi connectivity index (χ0v) is 9.09. The molecule has 0 unspecified atom stereocenters. The minimum Gasteiger partial charge on any atom is -0.392 e. The van der Waals surface area contributed by atoms with Gasteiger partial charge in [0.05, 0.1) is 6.10 Å². The molecule has 0 aromatic carbocycles. The van der Waals surface area contributed by atoms with Gasteiger partial charge in [-0.25, -0.2) is 0 Å². The summed E-state index contributed by atoms with van der Waals surface area (Å²) in [5, 5.41) is 10.0. The van der Waals surface area contributed by atoms with Gasteiger partial charge in [0.25, 0.3) is 0 Å². The molecule has 0 saturated heterocycles. The van der Waals surface area contributed by atoms with E-state index in [-0.39, 0.29) is 11.5 Å². The summed E-state index contributed by atoms with van der Waals surface area (Å²) >= 11 is 0. The maximum Gasteiger partial charge on any atom is 0.0611 e. The van der Waals surface area contributed by atoms with Gasteiger partial charge in [0.15, 0.2) is 0 Å². The summed E-state index contributed by atoms with van der Waals surface area (Å²) in [6.07, 6.45) is 2.92. The van der Waals surface area contributed by atoms with Crippen molar-refractivity contribution in [3.8, 4) is 0 Å². The molecule has 0 spiro atoms. The third-order valence-corrected chi connectivity index (χ3v) is 3.32. The van der Waals surface area contributed by atoms with Crippen molar-refractivity contribution in [2.45, 2.75) is 46.1 Å². The van der Waals surface area contributed by atoms with Crippen molar-refractivity contribution in [2.24, 2.45) is 23.0 Å². The third-order valence-electron chi connectivity index (χ3n) is 3.32. The van der Waals surface area contributed by atoms with Gasteiger partial charge in [-0.2, -0.15) is 0 Å². The molecule has 1 fully saturated rings. The molecule has 2 heteroatoms. The maximum absolute atomic E-state index is 10.0. The van der Waals surface area contributed by atoms with E-state index < -0.39 is 0 Å². The molecule has 1 atom stereocenters. The normalized spacial score (nSPS) is 36.0.